The van der Waals surface area contributed by atoms with Crippen molar-refractivity contribution in [3.8, 4) is 5.82 Å². The number of hydrogen-bond acceptors (Lipinski definition) is 5. The van der Waals surface area contributed by atoms with Gasteiger partial charge in [-0.15, -0.1) is 0 Å². The number of amides is 1. The van der Waals surface area contributed by atoms with Crippen LogP contribution in [0.15, 0.2) is 30.6 Å². The Kier molecular flexibility index (Phi) is 6.86. The van der Waals surface area contributed by atoms with Gasteiger partial charge in [0, 0.05) is 45.5 Å². The maximum absolute atomic E-state index is 12.9. The van der Waals surface area contributed by atoms with Gasteiger partial charge in [0.15, 0.2) is 5.82 Å². The zero-order valence-electron chi connectivity index (χ0n) is 16.2. The van der Waals surface area contributed by atoms with Crippen molar-refractivity contribution in [2.24, 2.45) is 0 Å². The van der Waals surface area contributed by atoms with Crippen LogP contribution in [0, 0.1) is 6.92 Å². The smallest absolute Gasteiger partial charge is 0.372 e. The van der Waals surface area contributed by atoms with E-state index in [0.717, 1.165) is 5.69 Å². The van der Waals surface area contributed by atoms with E-state index in [4.69, 9.17) is 0 Å². The van der Waals surface area contributed by atoms with Crippen molar-refractivity contribution < 1.29 is 22.7 Å². The SMILES string of the molecule is Cc1c(C(=O)N2CCN(CCCOCC(F)(F)F)CC2)cnn1-c1ccccn1. The molecule has 0 radical (unpaired) electrons. The molecule has 3 rings (SSSR count). The van der Waals surface area contributed by atoms with Crippen molar-refractivity contribution >= 4 is 5.91 Å². The molecule has 1 aliphatic rings. The van der Waals surface area contributed by atoms with E-state index in [9.17, 15) is 18.0 Å². The fraction of sp³-hybridized carbons (Fsp3) is 0.526. The predicted molar refractivity (Wildman–Crippen MR) is 99.9 cm³/mol. The topological polar surface area (TPSA) is 63.5 Å². The van der Waals surface area contributed by atoms with Crippen LogP contribution in [0.3, 0.4) is 0 Å². The summed E-state index contributed by atoms with van der Waals surface area (Å²) in [7, 11) is 0. The minimum Gasteiger partial charge on any atom is -0.372 e. The first-order chi connectivity index (χ1) is 13.8. The summed E-state index contributed by atoms with van der Waals surface area (Å²) < 4.78 is 42.4. The molecular weight excluding hydrogens is 387 g/mol. The number of carbonyl (C=O) groups is 1. The van der Waals surface area contributed by atoms with Crippen LogP contribution in [0.4, 0.5) is 13.2 Å². The van der Waals surface area contributed by atoms with Crippen LogP contribution in [0.1, 0.15) is 22.5 Å². The van der Waals surface area contributed by atoms with Gasteiger partial charge in [-0.05, 0) is 25.5 Å². The van der Waals surface area contributed by atoms with Gasteiger partial charge in [-0.2, -0.15) is 18.3 Å². The molecule has 10 heteroatoms. The van der Waals surface area contributed by atoms with Gasteiger partial charge in [0.05, 0.1) is 17.5 Å². The van der Waals surface area contributed by atoms with Crippen molar-refractivity contribution in [2.75, 3.05) is 45.9 Å². The largest absolute Gasteiger partial charge is 0.411 e. The number of halogens is 3. The fourth-order valence-electron chi connectivity index (χ4n) is 3.25. The average molecular weight is 411 g/mol. The van der Waals surface area contributed by atoms with Crippen LogP contribution < -0.4 is 0 Å². The lowest BCUT2D eigenvalue weighted by molar-refractivity contribution is -0.174. The third-order valence-electron chi connectivity index (χ3n) is 4.79. The van der Waals surface area contributed by atoms with Crippen LogP contribution >= 0.6 is 0 Å². The number of carbonyl (C=O) groups excluding carboxylic acids is 1. The van der Waals surface area contributed by atoms with E-state index in [0.29, 0.717) is 50.5 Å². The minimum atomic E-state index is -4.28. The summed E-state index contributed by atoms with van der Waals surface area (Å²) in [6.45, 7) is 3.85. The van der Waals surface area contributed by atoms with Gasteiger partial charge in [0.1, 0.15) is 6.61 Å². The van der Waals surface area contributed by atoms with Crippen molar-refractivity contribution in [3.63, 3.8) is 0 Å². The Morgan fingerprint density at radius 2 is 1.97 bits per heavy atom. The van der Waals surface area contributed by atoms with E-state index in [1.807, 2.05) is 25.1 Å². The highest BCUT2D eigenvalue weighted by Crippen LogP contribution is 2.16. The molecule has 7 nitrogen and oxygen atoms in total. The zero-order valence-corrected chi connectivity index (χ0v) is 16.2. The third kappa shape index (κ3) is 5.77. The highest BCUT2D eigenvalue weighted by atomic mass is 19.4. The molecule has 0 saturated carbocycles. The van der Waals surface area contributed by atoms with Gasteiger partial charge in [0.25, 0.3) is 5.91 Å². The lowest BCUT2D eigenvalue weighted by Gasteiger charge is -2.34. The number of rotatable bonds is 7. The lowest BCUT2D eigenvalue weighted by atomic mass is 10.2. The Labute approximate surface area is 167 Å². The molecule has 0 aromatic carbocycles. The average Bonchev–Trinajstić information content (AvgIpc) is 3.09. The van der Waals surface area contributed by atoms with Crippen molar-refractivity contribution in [1.29, 1.82) is 0 Å². The normalized spacial score (nSPS) is 15.7. The van der Waals surface area contributed by atoms with E-state index in [-0.39, 0.29) is 12.5 Å². The summed E-state index contributed by atoms with van der Waals surface area (Å²) in [5.41, 5.74) is 1.28. The summed E-state index contributed by atoms with van der Waals surface area (Å²) in [6, 6.07) is 5.50. The van der Waals surface area contributed by atoms with E-state index >= 15 is 0 Å². The number of alkyl halides is 3. The quantitative estimate of drug-likeness (QED) is 0.655. The highest BCUT2D eigenvalue weighted by molar-refractivity contribution is 5.95. The van der Waals surface area contributed by atoms with Gasteiger partial charge < -0.3 is 9.64 Å². The Morgan fingerprint density at radius 1 is 1.21 bits per heavy atom. The van der Waals surface area contributed by atoms with E-state index in [1.165, 1.54) is 0 Å². The third-order valence-corrected chi connectivity index (χ3v) is 4.79. The lowest BCUT2D eigenvalue weighted by Crippen LogP contribution is -2.49. The van der Waals surface area contributed by atoms with Crippen molar-refractivity contribution in [2.45, 2.75) is 19.5 Å². The molecule has 0 aliphatic carbocycles. The van der Waals surface area contributed by atoms with Gasteiger partial charge >= 0.3 is 6.18 Å². The molecule has 1 fully saturated rings. The maximum atomic E-state index is 12.9. The molecule has 3 heterocycles. The number of aromatic nitrogens is 3. The van der Waals surface area contributed by atoms with E-state index < -0.39 is 12.8 Å². The summed E-state index contributed by atoms with van der Waals surface area (Å²) in [4.78, 5) is 21.0. The molecule has 0 bridgehead atoms. The summed E-state index contributed by atoms with van der Waals surface area (Å²) in [5, 5.41) is 4.29. The zero-order chi connectivity index (χ0) is 20.9. The second kappa shape index (κ2) is 9.36. The van der Waals surface area contributed by atoms with Gasteiger partial charge in [0.2, 0.25) is 0 Å². The number of ether oxygens (including phenoxy) is 1. The van der Waals surface area contributed by atoms with Gasteiger partial charge in [-0.1, -0.05) is 6.07 Å². The minimum absolute atomic E-state index is 0.0714. The highest BCUT2D eigenvalue weighted by Gasteiger charge is 2.27. The molecule has 0 spiro atoms. The maximum Gasteiger partial charge on any atom is 0.411 e. The number of nitrogens with zero attached hydrogens (tertiary/aromatic N) is 5. The van der Waals surface area contributed by atoms with E-state index in [1.54, 1.807) is 22.0 Å². The molecular formula is C19H24F3N5O2. The Morgan fingerprint density at radius 3 is 2.62 bits per heavy atom. The van der Waals surface area contributed by atoms with Crippen molar-refractivity contribution in [1.82, 2.24) is 24.6 Å². The number of piperazine rings is 1. The molecule has 1 saturated heterocycles. The molecule has 158 valence electrons. The Bertz CT molecular complexity index is 802. The molecule has 0 unspecified atom stereocenters. The van der Waals surface area contributed by atoms with Crippen LogP contribution in [-0.4, -0.2) is 82.6 Å². The first-order valence-corrected chi connectivity index (χ1v) is 9.47. The molecule has 1 amide bonds. The van der Waals surface area contributed by atoms with Gasteiger partial charge in [-0.25, -0.2) is 9.67 Å². The fourth-order valence-corrected chi connectivity index (χ4v) is 3.25. The molecule has 1 aliphatic heterocycles. The molecule has 0 atom stereocenters. The summed E-state index contributed by atoms with van der Waals surface area (Å²) in [6.07, 6.45) is -0.517. The summed E-state index contributed by atoms with van der Waals surface area (Å²) >= 11 is 0. The molecule has 2 aromatic heterocycles. The number of hydrogen-bond donors (Lipinski definition) is 0. The van der Waals surface area contributed by atoms with Crippen LogP contribution in [0.25, 0.3) is 5.82 Å². The summed E-state index contributed by atoms with van der Waals surface area (Å²) in [5.74, 6) is 0.583. The Balaban J connectivity index is 1.46. The molecule has 0 N–H and O–H groups in total. The van der Waals surface area contributed by atoms with Crippen LogP contribution in [0.5, 0.6) is 0 Å². The van der Waals surface area contributed by atoms with Crippen LogP contribution in [-0.2, 0) is 4.74 Å². The predicted octanol–water partition coefficient (Wildman–Crippen LogP) is 2.30. The van der Waals surface area contributed by atoms with E-state index in [2.05, 4.69) is 19.7 Å². The van der Waals surface area contributed by atoms with Crippen molar-refractivity contribution in [3.05, 3.63) is 41.9 Å². The monoisotopic (exact) mass is 411 g/mol. The second-order valence-electron chi connectivity index (χ2n) is 6.90. The molecule has 29 heavy (non-hydrogen) atoms. The molecule has 2 aromatic rings. The van der Waals surface area contributed by atoms with Crippen LogP contribution in [0.2, 0.25) is 0 Å². The first-order valence-electron chi connectivity index (χ1n) is 9.47. The standard InChI is InChI=1S/C19H24F3N5O2/c1-15-16(13-24-27(15)17-5-2-3-6-23-17)18(28)26-10-8-25(9-11-26)7-4-12-29-14-19(20,21)22/h2-3,5-6,13H,4,7-12,14H2,1H3. The first kappa shape index (κ1) is 21.3. The Hall–Kier alpha value is -2.46. The second-order valence-corrected chi connectivity index (χ2v) is 6.90. The number of pyridine rings is 1. The van der Waals surface area contributed by atoms with Gasteiger partial charge in [-0.3, -0.25) is 9.69 Å².